The zero-order valence-corrected chi connectivity index (χ0v) is 13.1. The first-order chi connectivity index (χ1) is 10.3. The summed E-state index contributed by atoms with van der Waals surface area (Å²) in [5.74, 6) is -0.338. The van der Waals surface area contributed by atoms with Gasteiger partial charge in [-0.05, 0) is 31.4 Å². The van der Waals surface area contributed by atoms with Gasteiger partial charge in [-0.25, -0.2) is 18.5 Å². The fourth-order valence-electron chi connectivity index (χ4n) is 2.95. The van der Waals surface area contributed by atoms with Gasteiger partial charge in [0, 0.05) is 19.3 Å². The summed E-state index contributed by atoms with van der Waals surface area (Å²) in [6.07, 6.45) is 2.51. The molecule has 0 radical (unpaired) electrons. The van der Waals surface area contributed by atoms with E-state index in [9.17, 15) is 13.2 Å². The van der Waals surface area contributed by atoms with Crippen LogP contribution in [0.2, 0.25) is 0 Å². The van der Waals surface area contributed by atoms with Crippen molar-refractivity contribution in [3.05, 3.63) is 35.8 Å². The van der Waals surface area contributed by atoms with E-state index in [4.69, 9.17) is 5.14 Å². The molecule has 0 saturated carbocycles. The number of carbonyl (C=O) groups excluding carboxylic acids is 1. The highest BCUT2D eigenvalue weighted by Gasteiger charge is 2.31. The zero-order chi connectivity index (χ0) is 15.9. The molecule has 1 aliphatic heterocycles. The highest BCUT2D eigenvalue weighted by molar-refractivity contribution is 7.89. The fraction of sp³-hybridized carbons (Fsp3) is 0.429. The Hall–Kier alpha value is -1.93. The average molecular weight is 322 g/mol. The van der Waals surface area contributed by atoms with Crippen LogP contribution in [0.3, 0.4) is 0 Å². The molecule has 0 spiro atoms. The third-order valence-electron chi connectivity index (χ3n) is 4.01. The van der Waals surface area contributed by atoms with E-state index in [1.165, 1.54) is 0 Å². The molecule has 118 valence electrons. The number of aromatic nitrogens is 2. The highest BCUT2D eigenvalue weighted by atomic mass is 32.2. The minimum absolute atomic E-state index is 0.0824. The van der Waals surface area contributed by atoms with Crippen LogP contribution in [0.25, 0.3) is 5.65 Å². The molecule has 1 atom stereocenters. The second-order valence-corrected chi connectivity index (χ2v) is 7.37. The van der Waals surface area contributed by atoms with E-state index in [1.54, 1.807) is 4.90 Å². The van der Waals surface area contributed by atoms with E-state index < -0.39 is 10.0 Å². The number of hydrogen-bond acceptors (Lipinski definition) is 4. The number of hydrogen-bond donors (Lipinski definition) is 1. The molecular formula is C14H18N4O3S. The molecule has 3 rings (SSSR count). The molecule has 1 unspecified atom stereocenters. The topological polar surface area (TPSA) is 97.8 Å². The first kappa shape index (κ1) is 15.0. The minimum atomic E-state index is -3.51. The van der Waals surface area contributed by atoms with Gasteiger partial charge in [0.25, 0.3) is 5.91 Å². The number of likely N-dealkylation sites (tertiary alicyclic amines) is 1. The third kappa shape index (κ3) is 2.84. The number of nitrogens with two attached hydrogens (primary N) is 1. The van der Waals surface area contributed by atoms with E-state index in [0.29, 0.717) is 25.2 Å². The van der Waals surface area contributed by atoms with Crippen molar-refractivity contribution in [3.8, 4) is 0 Å². The number of pyridine rings is 1. The third-order valence-corrected chi connectivity index (χ3v) is 4.95. The Labute approximate surface area is 128 Å². The zero-order valence-electron chi connectivity index (χ0n) is 12.3. The molecule has 1 aliphatic rings. The maximum atomic E-state index is 12.6. The summed E-state index contributed by atoms with van der Waals surface area (Å²) in [4.78, 5) is 18.7. The number of nitrogens with zero attached hydrogens (tertiary/aromatic N) is 3. The van der Waals surface area contributed by atoms with Crippen molar-refractivity contribution in [1.29, 1.82) is 0 Å². The molecule has 7 nitrogen and oxygen atoms in total. The van der Waals surface area contributed by atoms with Crippen LogP contribution < -0.4 is 5.14 Å². The Bertz CT molecular complexity index is 828. The number of primary sulfonamides is 1. The average Bonchev–Trinajstić information content (AvgIpc) is 3.02. The largest absolute Gasteiger partial charge is 0.337 e. The van der Waals surface area contributed by atoms with Crippen molar-refractivity contribution < 1.29 is 13.2 Å². The first-order valence-corrected chi connectivity index (χ1v) is 8.80. The van der Waals surface area contributed by atoms with Crippen molar-refractivity contribution in [1.82, 2.24) is 14.3 Å². The minimum Gasteiger partial charge on any atom is -0.337 e. The molecule has 0 aromatic carbocycles. The predicted octanol–water partition coefficient (Wildman–Crippen LogP) is 0.393. The number of fused-ring (bicyclic) bond motifs is 1. The van der Waals surface area contributed by atoms with Crippen LogP contribution in [0.4, 0.5) is 0 Å². The molecule has 3 heterocycles. The Morgan fingerprint density at radius 3 is 2.91 bits per heavy atom. The van der Waals surface area contributed by atoms with E-state index in [0.717, 1.165) is 11.3 Å². The van der Waals surface area contributed by atoms with Gasteiger partial charge in [-0.1, -0.05) is 6.07 Å². The maximum Gasteiger partial charge on any atom is 0.274 e. The normalized spacial score (nSPS) is 19.0. The van der Waals surface area contributed by atoms with Gasteiger partial charge in [0.1, 0.15) is 11.3 Å². The Morgan fingerprint density at radius 2 is 2.23 bits per heavy atom. The second kappa shape index (κ2) is 5.36. The molecule has 8 heteroatoms. The lowest BCUT2D eigenvalue weighted by Crippen LogP contribution is -2.31. The lowest BCUT2D eigenvalue weighted by atomic mass is 10.2. The summed E-state index contributed by atoms with van der Waals surface area (Å²) >= 11 is 0. The molecule has 1 saturated heterocycles. The molecule has 1 amide bonds. The van der Waals surface area contributed by atoms with Crippen molar-refractivity contribution in [2.75, 3.05) is 18.8 Å². The number of aryl methyl sites for hydroxylation is 1. The summed E-state index contributed by atoms with van der Waals surface area (Å²) in [6.45, 7) is 2.79. The Balaban J connectivity index is 1.81. The second-order valence-electron chi connectivity index (χ2n) is 5.71. The van der Waals surface area contributed by atoms with Crippen molar-refractivity contribution >= 4 is 21.6 Å². The van der Waals surface area contributed by atoms with Crippen LogP contribution in [-0.2, 0) is 10.0 Å². The molecule has 1 fully saturated rings. The fourth-order valence-corrected chi connectivity index (χ4v) is 3.88. The number of imidazole rings is 1. The lowest BCUT2D eigenvalue weighted by molar-refractivity contribution is 0.0782. The summed E-state index contributed by atoms with van der Waals surface area (Å²) in [6, 6.07) is 5.60. The molecule has 2 aromatic rings. The van der Waals surface area contributed by atoms with Crippen molar-refractivity contribution in [3.63, 3.8) is 0 Å². The van der Waals surface area contributed by atoms with Gasteiger partial charge in [0.15, 0.2) is 0 Å². The van der Waals surface area contributed by atoms with E-state index in [1.807, 2.05) is 35.7 Å². The summed E-state index contributed by atoms with van der Waals surface area (Å²) < 4.78 is 24.2. The van der Waals surface area contributed by atoms with Crippen LogP contribution in [-0.4, -0.2) is 47.5 Å². The van der Waals surface area contributed by atoms with E-state index in [-0.39, 0.29) is 17.6 Å². The molecule has 22 heavy (non-hydrogen) atoms. The van der Waals surface area contributed by atoms with Gasteiger partial charge in [-0.2, -0.15) is 0 Å². The molecule has 2 N–H and O–H groups in total. The highest BCUT2D eigenvalue weighted by Crippen LogP contribution is 2.21. The van der Waals surface area contributed by atoms with Crippen LogP contribution in [0.5, 0.6) is 0 Å². The first-order valence-electron chi connectivity index (χ1n) is 7.08. The Morgan fingerprint density at radius 1 is 1.45 bits per heavy atom. The van der Waals surface area contributed by atoms with Crippen LogP contribution >= 0.6 is 0 Å². The lowest BCUT2D eigenvalue weighted by Gasteiger charge is -2.15. The predicted molar refractivity (Wildman–Crippen MR) is 81.9 cm³/mol. The van der Waals surface area contributed by atoms with E-state index >= 15 is 0 Å². The summed E-state index contributed by atoms with van der Waals surface area (Å²) in [5, 5.41) is 5.08. The quantitative estimate of drug-likeness (QED) is 0.884. The van der Waals surface area contributed by atoms with Crippen molar-refractivity contribution in [2.24, 2.45) is 11.1 Å². The van der Waals surface area contributed by atoms with Gasteiger partial charge in [-0.15, -0.1) is 0 Å². The monoisotopic (exact) mass is 322 g/mol. The van der Waals surface area contributed by atoms with Crippen LogP contribution in [0.15, 0.2) is 24.4 Å². The van der Waals surface area contributed by atoms with Gasteiger partial charge >= 0.3 is 0 Å². The molecule has 0 bridgehead atoms. The molecular weight excluding hydrogens is 304 g/mol. The standard InChI is InChI=1S/C14H18N4O3S/c1-10-13(16-12-4-2-3-6-18(10)12)14(19)17-7-5-11(8-17)9-22(15,20)21/h2-4,6,11H,5,7-9H2,1H3,(H2,15,20,21). The van der Waals surface area contributed by atoms with Crippen LogP contribution in [0.1, 0.15) is 22.6 Å². The number of carbonyl (C=O) groups is 1. The SMILES string of the molecule is Cc1c(C(=O)N2CCC(CS(N)(=O)=O)C2)nc2ccccn12. The van der Waals surface area contributed by atoms with Crippen LogP contribution in [0, 0.1) is 12.8 Å². The number of sulfonamides is 1. The molecule has 2 aromatic heterocycles. The summed E-state index contributed by atoms with van der Waals surface area (Å²) in [7, 11) is -3.51. The number of rotatable bonds is 3. The van der Waals surface area contributed by atoms with Gasteiger partial charge < -0.3 is 9.30 Å². The molecule has 0 aliphatic carbocycles. The Kier molecular flexibility index (Phi) is 3.65. The van der Waals surface area contributed by atoms with E-state index in [2.05, 4.69) is 4.98 Å². The summed E-state index contributed by atoms with van der Waals surface area (Å²) in [5.41, 5.74) is 1.93. The van der Waals surface area contributed by atoms with Crippen molar-refractivity contribution in [2.45, 2.75) is 13.3 Å². The van der Waals surface area contributed by atoms with Gasteiger partial charge in [0.05, 0.1) is 11.4 Å². The maximum absolute atomic E-state index is 12.6. The van der Waals surface area contributed by atoms with Gasteiger partial charge in [-0.3, -0.25) is 4.79 Å². The van der Waals surface area contributed by atoms with Gasteiger partial charge in [0.2, 0.25) is 10.0 Å². The smallest absolute Gasteiger partial charge is 0.274 e. The number of amides is 1.